The van der Waals surface area contributed by atoms with Crippen molar-refractivity contribution in [2.75, 3.05) is 18.1 Å². The lowest BCUT2D eigenvalue weighted by atomic mass is 10.0. The number of benzene rings is 1. The fourth-order valence-electron chi connectivity index (χ4n) is 1.83. The van der Waals surface area contributed by atoms with Crippen LogP contribution < -0.4 is 10.6 Å². The van der Waals surface area contributed by atoms with Crippen molar-refractivity contribution >= 4 is 33.7 Å². The van der Waals surface area contributed by atoms with Gasteiger partial charge in [0.25, 0.3) is 0 Å². The first-order valence-corrected chi connectivity index (χ1v) is 8.08. The molecule has 1 aliphatic rings. The van der Waals surface area contributed by atoms with Crippen LogP contribution in [0.25, 0.3) is 0 Å². The molecule has 4 nitrogen and oxygen atoms in total. The molecule has 0 aromatic heterocycles. The normalized spacial score (nSPS) is 22.2. The Morgan fingerprint density at radius 1 is 1.37 bits per heavy atom. The van der Waals surface area contributed by atoms with Gasteiger partial charge in [-0.05, 0) is 29.9 Å². The largest absolute Gasteiger partial charge is 0.387 e. The van der Waals surface area contributed by atoms with Crippen LogP contribution in [0.2, 0.25) is 0 Å². The van der Waals surface area contributed by atoms with E-state index in [0.717, 1.165) is 22.2 Å². The predicted molar refractivity (Wildman–Crippen MR) is 81.3 cm³/mol. The number of nitrogens with one attached hydrogen (secondary N) is 2. The fraction of sp³-hybridized carbons (Fsp3) is 0.462. The van der Waals surface area contributed by atoms with E-state index in [2.05, 4.69) is 26.6 Å². The van der Waals surface area contributed by atoms with Crippen LogP contribution in [0.4, 0.5) is 4.79 Å². The molecule has 1 heterocycles. The van der Waals surface area contributed by atoms with Gasteiger partial charge in [0, 0.05) is 23.3 Å². The van der Waals surface area contributed by atoms with Gasteiger partial charge in [-0.1, -0.05) is 28.1 Å². The Balaban J connectivity index is 1.71. The van der Waals surface area contributed by atoms with Gasteiger partial charge in [0.15, 0.2) is 0 Å². The molecule has 2 rings (SSSR count). The third-order valence-corrected chi connectivity index (χ3v) is 4.79. The van der Waals surface area contributed by atoms with Crippen LogP contribution in [-0.4, -0.2) is 34.8 Å². The van der Waals surface area contributed by atoms with Crippen LogP contribution >= 0.6 is 27.7 Å². The highest BCUT2D eigenvalue weighted by Crippen LogP contribution is 2.26. The van der Waals surface area contributed by atoms with E-state index in [-0.39, 0.29) is 6.03 Å². The summed E-state index contributed by atoms with van der Waals surface area (Å²) in [5.74, 6) is 1.65. The summed E-state index contributed by atoms with van der Waals surface area (Å²) in [6, 6.07) is 7.53. The minimum atomic E-state index is -0.736. The van der Waals surface area contributed by atoms with E-state index in [0.29, 0.717) is 18.8 Å². The summed E-state index contributed by atoms with van der Waals surface area (Å²) in [6.07, 6.45) is 0.741. The van der Waals surface area contributed by atoms with Gasteiger partial charge in [-0.3, -0.25) is 0 Å². The second-order valence-electron chi connectivity index (χ2n) is 4.69. The molecule has 0 unspecified atom stereocenters. The molecule has 3 N–H and O–H groups in total. The lowest BCUT2D eigenvalue weighted by Gasteiger charge is -2.21. The summed E-state index contributed by atoms with van der Waals surface area (Å²) >= 11 is 5.08. The quantitative estimate of drug-likeness (QED) is 0.783. The molecule has 1 atom stereocenters. The maximum absolute atomic E-state index is 11.6. The number of amides is 2. The molecule has 0 saturated carbocycles. The maximum atomic E-state index is 11.6. The first kappa shape index (κ1) is 14.7. The van der Waals surface area contributed by atoms with Crippen LogP contribution in [0.5, 0.6) is 0 Å². The summed E-state index contributed by atoms with van der Waals surface area (Å²) in [4.78, 5) is 11.6. The Labute approximate surface area is 125 Å². The monoisotopic (exact) mass is 344 g/mol. The SMILES string of the molecule is O=C(NCc1ccc(Br)cc1)NC[C@]1(O)CCSC1. The summed E-state index contributed by atoms with van der Waals surface area (Å²) in [6.45, 7) is 0.790. The molecule has 0 aliphatic carbocycles. The third kappa shape index (κ3) is 4.71. The number of rotatable bonds is 4. The van der Waals surface area contributed by atoms with Gasteiger partial charge in [-0.15, -0.1) is 0 Å². The molecule has 104 valence electrons. The number of hydrogen-bond donors (Lipinski definition) is 3. The van der Waals surface area contributed by atoms with E-state index < -0.39 is 5.60 Å². The van der Waals surface area contributed by atoms with E-state index >= 15 is 0 Å². The lowest BCUT2D eigenvalue weighted by molar-refractivity contribution is 0.0700. The molecular weight excluding hydrogens is 328 g/mol. The summed E-state index contributed by atoms with van der Waals surface area (Å²) in [5, 5.41) is 15.6. The second-order valence-corrected chi connectivity index (χ2v) is 6.71. The van der Waals surface area contributed by atoms with Gasteiger partial charge < -0.3 is 15.7 Å². The van der Waals surface area contributed by atoms with Crippen LogP contribution in [0.1, 0.15) is 12.0 Å². The predicted octanol–water partition coefficient (Wildman–Crippen LogP) is 2.12. The average molecular weight is 345 g/mol. The number of urea groups is 1. The standard InChI is InChI=1S/C13H17BrN2O2S/c14-11-3-1-10(2-4-11)7-15-12(17)16-8-13(18)5-6-19-9-13/h1-4,18H,5-9H2,(H2,15,16,17)/t13-/m1/s1. The zero-order valence-electron chi connectivity index (χ0n) is 10.5. The van der Waals surface area contributed by atoms with Gasteiger partial charge in [0.2, 0.25) is 0 Å². The van der Waals surface area contributed by atoms with Crippen molar-refractivity contribution < 1.29 is 9.90 Å². The molecular formula is C13H17BrN2O2S. The Kier molecular flexibility index (Phi) is 5.13. The van der Waals surface area contributed by atoms with E-state index in [1.165, 1.54) is 0 Å². The van der Waals surface area contributed by atoms with Crippen molar-refractivity contribution in [1.82, 2.24) is 10.6 Å². The molecule has 19 heavy (non-hydrogen) atoms. The molecule has 0 radical (unpaired) electrons. The lowest BCUT2D eigenvalue weighted by Crippen LogP contribution is -2.46. The molecule has 1 aromatic rings. The van der Waals surface area contributed by atoms with Gasteiger partial charge >= 0.3 is 6.03 Å². The maximum Gasteiger partial charge on any atom is 0.315 e. The van der Waals surface area contributed by atoms with Crippen LogP contribution in [0, 0.1) is 0 Å². The van der Waals surface area contributed by atoms with E-state index in [1.54, 1.807) is 11.8 Å². The molecule has 1 fully saturated rings. The van der Waals surface area contributed by atoms with E-state index in [4.69, 9.17) is 0 Å². The highest BCUT2D eigenvalue weighted by molar-refractivity contribution is 9.10. The highest BCUT2D eigenvalue weighted by Gasteiger charge is 2.31. The molecule has 1 saturated heterocycles. The first-order chi connectivity index (χ1) is 9.07. The Morgan fingerprint density at radius 2 is 2.11 bits per heavy atom. The number of thioether (sulfide) groups is 1. The minimum absolute atomic E-state index is 0.242. The Bertz CT molecular complexity index is 433. The average Bonchev–Trinajstić information content (AvgIpc) is 2.83. The van der Waals surface area contributed by atoms with E-state index in [1.807, 2.05) is 24.3 Å². The molecule has 6 heteroatoms. The van der Waals surface area contributed by atoms with Crippen molar-refractivity contribution in [2.24, 2.45) is 0 Å². The van der Waals surface area contributed by atoms with Crippen molar-refractivity contribution in [3.63, 3.8) is 0 Å². The topological polar surface area (TPSA) is 61.4 Å². The van der Waals surface area contributed by atoms with Gasteiger partial charge in [-0.2, -0.15) is 11.8 Å². The zero-order chi connectivity index (χ0) is 13.7. The molecule has 0 spiro atoms. The van der Waals surface area contributed by atoms with E-state index in [9.17, 15) is 9.90 Å². The van der Waals surface area contributed by atoms with Crippen LogP contribution in [-0.2, 0) is 6.54 Å². The summed E-state index contributed by atoms with van der Waals surface area (Å²) in [7, 11) is 0. The zero-order valence-corrected chi connectivity index (χ0v) is 12.9. The van der Waals surface area contributed by atoms with Crippen LogP contribution in [0.15, 0.2) is 28.7 Å². The molecule has 1 aliphatic heterocycles. The third-order valence-electron chi connectivity index (χ3n) is 3.03. The van der Waals surface area contributed by atoms with Gasteiger partial charge in [0.05, 0.1) is 5.60 Å². The van der Waals surface area contributed by atoms with Crippen molar-refractivity contribution in [2.45, 2.75) is 18.6 Å². The smallest absolute Gasteiger partial charge is 0.315 e. The van der Waals surface area contributed by atoms with Crippen molar-refractivity contribution in [3.05, 3.63) is 34.3 Å². The van der Waals surface area contributed by atoms with Crippen molar-refractivity contribution in [1.29, 1.82) is 0 Å². The number of carbonyl (C=O) groups is 1. The summed E-state index contributed by atoms with van der Waals surface area (Å²) < 4.78 is 1.02. The molecule has 1 aromatic carbocycles. The number of carbonyl (C=O) groups excluding carboxylic acids is 1. The minimum Gasteiger partial charge on any atom is -0.387 e. The second kappa shape index (κ2) is 6.63. The van der Waals surface area contributed by atoms with Gasteiger partial charge in [0.1, 0.15) is 0 Å². The summed E-state index contributed by atoms with van der Waals surface area (Å²) in [5.41, 5.74) is 0.299. The van der Waals surface area contributed by atoms with Crippen molar-refractivity contribution in [3.8, 4) is 0 Å². The number of hydrogen-bond acceptors (Lipinski definition) is 3. The highest BCUT2D eigenvalue weighted by atomic mass is 79.9. The molecule has 0 bridgehead atoms. The number of halogens is 1. The fourth-order valence-corrected chi connectivity index (χ4v) is 3.39. The number of aliphatic hydroxyl groups is 1. The molecule has 2 amide bonds. The van der Waals surface area contributed by atoms with Gasteiger partial charge in [-0.25, -0.2) is 4.79 Å². The van der Waals surface area contributed by atoms with Crippen LogP contribution in [0.3, 0.4) is 0 Å². The Morgan fingerprint density at radius 3 is 2.74 bits per heavy atom. The first-order valence-electron chi connectivity index (χ1n) is 6.14. The Hall–Kier alpha value is -0.720.